The molecule has 1 rings (SSSR count). The Labute approximate surface area is 416 Å². The first kappa shape index (κ1) is 64.6. The molecule has 0 radical (unpaired) electrons. The van der Waals surface area contributed by atoms with Gasteiger partial charge < -0.3 is 34.3 Å². The van der Waals surface area contributed by atoms with Crippen LogP contribution in [-0.2, 0) is 38.3 Å². The summed E-state index contributed by atoms with van der Waals surface area (Å²) in [4.78, 5) is 12.9. The number of hydrogen-bond donors (Lipinski definition) is 4. The lowest BCUT2D eigenvalue weighted by Gasteiger charge is -2.41. The minimum Gasteiger partial charge on any atom is -0.457 e. The Morgan fingerprint density at radius 2 is 0.926 bits per heavy atom. The number of carbonyl (C=O) groups excluding carboxylic acids is 1. The van der Waals surface area contributed by atoms with E-state index in [1.165, 1.54) is 193 Å². The van der Waals surface area contributed by atoms with Crippen molar-refractivity contribution in [2.24, 2.45) is 0 Å². The van der Waals surface area contributed by atoms with Gasteiger partial charge in [-0.05, 0) is 64.2 Å². The van der Waals surface area contributed by atoms with E-state index < -0.39 is 59.8 Å². The van der Waals surface area contributed by atoms with Gasteiger partial charge in [-0.2, -0.15) is 8.42 Å². The van der Waals surface area contributed by atoms with Crippen molar-refractivity contribution in [2.75, 3.05) is 26.4 Å². The van der Waals surface area contributed by atoms with Crippen molar-refractivity contribution in [3.05, 3.63) is 24.3 Å². The van der Waals surface area contributed by atoms with Gasteiger partial charge in [0.25, 0.3) is 0 Å². The summed E-state index contributed by atoms with van der Waals surface area (Å²) in [7, 11) is -5.07. The maximum atomic E-state index is 12.9. The summed E-state index contributed by atoms with van der Waals surface area (Å²) in [6.07, 6.45) is 46.4. The van der Waals surface area contributed by atoms with Crippen LogP contribution in [0.3, 0.4) is 0 Å². The number of allylic oxidation sites excluding steroid dienone is 4. The molecule has 1 fully saturated rings. The molecule has 0 spiro atoms. The number of ether oxygens (including phenoxy) is 4. The minimum atomic E-state index is -5.07. The molecule has 1 aliphatic heterocycles. The van der Waals surface area contributed by atoms with Crippen LogP contribution in [-0.4, -0.2) is 97.5 Å². The molecule has 0 aliphatic carbocycles. The van der Waals surface area contributed by atoms with Crippen LogP contribution in [0.5, 0.6) is 0 Å². The van der Waals surface area contributed by atoms with Crippen LogP contribution in [0, 0.1) is 0 Å². The van der Waals surface area contributed by atoms with Gasteiger partial charge in [-0.3, -0.25) is 9.35 Å². The van der Waals surface area contributed by atoms with Crippen molar-refractivity contribution in [1.29, 1.82) is 0 Å². The van der Waals surface area contributed by atoms with E-state index in [1.807, 2.05) is 0 Å². The molecule has 12 nitrogen and oxygen atoms in total. The van der Waals surface area contributed by atoms with Crippen LogP contribution >= 0.6 is 0 Å². The highest BCUT2D eigenvalue weighted by atomic mass is 32.3. The molecular formula is C55H104O12S. The fourth-order valence-corrected chi connectivity index (χ4v) is 9.29. The summed E-state index contributed by atoms with van der Waals surface area (Å²) in [6.45, 7) is 4.03. The summed E-state index contributed by atoms with van der Waals surface area (Å²) in [5.74, 6) is -0.397. The van der Waals surface area contributed by atoms with Gasteiger partial charge in [0.1, 0.15) is 30.5 Å². The van der Waals surface area contributed by atoms with Gasteiger partial charge in [-0.15, -0.1) is 0 Å². The molecule has 68 heavy (non-hydrogen) atoms. The lowest BCUT2D eigenvalue weighted by molar-refractivity contribution is -0.301. The smallest absolute Gasteiger partial charge is 0.397 e. The van der Waals surface area contributed by atoms with Crippen molar-refractivity contribution in [2.45, 2.75) is 295 Å². The molecule has 0 aromatic rings. The molecule has 1 aliphatic rings. The van der Waals surface area contributed by atoms with Gasteiger partial charge >= 0.3 is 16.4 Å². The van der Waals surface area contributed by atoms with Gasteiger partial charge in [-0.25, -0.2) is 4.18 Å². The fraction of sp³-hybridized carbons (Fsp3) is 0.909. The Morgan fingerprint density at radius 1 is 0.544 bits per heavy atom. The summed E-state index contributed by atoms with van der Waals surface area (Å²) >= 11 is 0. The van der Waals surface area contributed by atoms with Crippen LogP contribution in [0.15, 0.2) is 24.3 Å². The number of carbonyl (C=O) groups is 1. The quantitative estimate of drug-likeness (QED) is 0.0196. The zero-order valence-corrected chi connectivity index (χ0v) is 44.3. The Balaban J connectivity index is 2.31. The highest BCUT2D eigenvalue weighted by Gasteiger charge is 2.48. The summed E-state index contributed by atoms with van der Waals surface area (Å²) in [6, 6.07) is 0. The van der Waals surface area contributed by atoms with Crippen molar-refractivity contribution in [3.63, 3.8) is 0 Å². The zero-order valence-electron chi connectivity index (χ0n) is 43.4. The maximum Gasteiger partial charge on any atom is 0.397 e. The Morgan fingerprint density at radius 3 is 1.32 bits per heavy atom. The van der Waals surface area contributed by atoms with E-state index in [2.05, 4.69) is 42.3 Å². The molecule has 0 aromatic carbocycles. The second-order valence-corrected chi connectivity index (χ2v) is 20.6. The van der Waals surface area contributed by atoms with E-state index in [1.54, 1.807) is 0 Å². The van der Waals surface area contributed by atoms with Crippen molar-refractivity contribution in [1.82, 2.24) is 0 Å². The van der Waals surface area contributed by atoms with Crippen LogP contribution in [0.1, 0.15) is 258 Å². The molecule has 13 heteroatoms. The van der Waals surface area contributed by atoms with Crippen molar-refractivity contribution in [3.8, 4) is 0 Å². The third-order valence-electron chi connectivity index (χ3n) is 13.0. The van der Waals surface area contributed by atoms with Crippen LogP contribution in [0.25, 0.3) is 0 Å². The lowest BCUT2D eigenvalue weighted by Crippen LogP contribution is -2.60. The SMILES string of the molecule is CCCCCCCC/C=C\CCCCCCCCCCCCOCC(COC1OC(CO)C(O)C(OS(=O)(=O)O)C1O)OC(=O)CCCCCCCCCCC/C=C\CCCCCCCCCC. The van der Waals surface area contributed by atoms with Gasteiger partial charge in [0, 0.05) is 13.0 Å². The number of unbranched alkanes of at least 4 members (excludes halogenated alkanes) is 33. The molecule has 1 saturated heterocycles. The summed E-state index contributed by atoms with van der Waals surface area (Å²) in [5, 5.41) is 30.8. The first-order valence-corrected chi connectivity index (χ1v) is 29.5. The zero-order chi connectivity index (χ0) is 49.6. The molecule has 1 heterocycles. The highest BCUT2D eigenvalue weighted by Crippen LogP contribution is 2.26. The number of aliphatic hydroxyl groups is 3. The molecule has 6 atom stereocenters. The molecule has 402 valence electrons. The molecule has 4 N–H and O–H groups in total. The standard InChI is InChI=1S/C55H104O12S/c1-3-5-7-9-11-13-15-17-19-21-23-25-26-28-30-32-34-36-38-40-42-44-51(57)65-49(48-64-55-53(59)54(67-68(60,61)62)52(58)50(46-56)66-55)47-63-45-43-41-39-37-35-33-31-29-27-24-22-20-18-16-14-12-10-8-6-4-2/h18,20-21,23,49-50,52-56,58-59H,3-17,19,22,24-48H2,1-2H3,(H,60,61,62)/b20-18-,23-21-. The predicted octanol–water partition coefficient (Wildman–Crippen LogP) is 13.5. The van der Waals surface area contributed by atoms with Gasteiger partial charge in [0.2, 0.25) is 0 Å². The first-order valence-electron chi connectivity index (χ1n) is 28.1. The second-order valence-electron chi connectivity index (χ2n) is 19.5. The van der Waals surface area contributed by atoms with Crippen molar-refractivity contribution < 1.29 is 56.2 Å². The second kappa shape index (κ2) is 46.6. The predicted molar refractivity (Wildman–Crippen MR) is 276 cm³/mol. The topological polar surface area (TPSA) is 178 Å². The maximum absolute atomic E-state index is 12.9. The normalized spacial score (nSPS) is 19.4. The molecule has 0 saturated carbocycles. The largest absolute Gasteiger partial charge is 0.457 e. The number of hydrogen-bond acceptors (Lipinski definition) is 11. The average molecular weight is 989 g/mol. The van der Waals surface area contributed by atoms with E-state index in [9.17, 15) is 33.1 Å². The Hall–Kier alpha value is -1.42. The lowest BCUT2D eigenvalue weighted by atomic mass is 9.99. The average Bonchev–Trinajstić information content (AvgIpc) is 3.31. The number of esters is 1. The van der Waals surface area contributed by atoms with Crippen molar-refractivity contribution >= 4 is 16.4 Å². The van der Waals surface area contributed by atoms with Gasteiger partial charge in [-0.1, -0.05) is 212 Å². The molecule has 0 amide bonds. The van der Waals surface area contributed by atoms with Crippen LogP contribution in [0.2, 0.25) is 0 Å². The number of aliphatic hydroxyl groups excluding tert-OH is 3. The fourth-order valence-electron chi connectivity index (χ4n) is 8.78. The van der Waals surface area contributed by atoms with Gasteiger partial charge in [0.05, 0.1) is 19.8 Å². The third kappa shape index (κ3) is 39.2. The summed E-state index contributed by atoms with van der Waals surface area (Å²) < 4.78 is 59.4. The Kier molecular flexibility index (Phi) is 44.3. The molecular weight excluding hydrogens is 885 g/mol. The minimum absolute atomic E-state index is 0.0378. The van der Waals surface area contributed by atoms with Crippen LogP contribution in [0.4, 0.5) is 0 Å². The van der Waals surface area contributed by atoms with E-state index in [0.717, 1.165) is 38.5 Å². The third-order valence-corrected chi connectivity index (χ3v) is 13.5. The highest BCUT2D eigenvalue weighted by molar-refractivity contribution is 7.80. The first-order chi connectivity index (χ1) is 33.1. The van der Waals surface area contributed by atoms with Gasteiger partial charge in [0.15, 0.2) is 6.29 Å². The van der Waals surface area contributed by atoms with Crippen LogP contribution < -0.4 is 0 Å². The monoisotopic (exact) mass is 989 g/mol. The van der Waals surface area contributed by atoms with E-state index in [-0.39, 0.29) is 19.6 Å². The molecule has 0 bridgehead atoms. The molecule has 6 unspecified atom stereocenters. The Bertz CT molecular complexity index is 1280. The molecule has 0 aromatic heterocycles. The van der Waals surface area contributed by atoms with E-state index in [0.29, 0.717) is 13.0 Å². The summed E-state index contributed by atoms with van der Waals surface area (Å²) in [5.41, 5.74) is 0. The van der Waals surface area contributed by atoms with E-state index in [4.69, 9.17) is 18.9 Å². The van der Waals surface area contributed by atoms with E-state index >= 15 is 0 Å². The number of rotatable bonds is 50.